The molecule has 58 heavy (non-hydrogen) atoms. The number of para-hydroxylation sites is 1. The SMILES string of the molecule is c1ccc(-c2ccc3occc3c2N2c3ccccc3B3c4c2cccc4N(c2c(-c4ccccc4)ccc4occc24)c2ccc4c(sc5ccccc54)c23)cc1. The second-order valence-corrected chi connectivity index (χ2v) is 16.2. The fourth-order valence-corrected chi connectivity index (χ4v) is 11.1. The summed E-state index contributed by atoms with van der Waals surface area (Å²) in [7, 11) is 0. The maximum Gasteiger partial charge on any atom is 0.254 e. The summed E-state index contributed by atoms with van der Waals surface area (Å²) in [5.74, 6) is 0. The smallest absolute Gasteiger partial charge is 0.254 e. The molecule has 0 unspecified atom stereocenters. The topological polar surface area (TPSA) is 32.8 Å². The van der Waals surface area contributed by atoms with Crippen LogP contribution in [0.4, 0.5) is 34.1 Å². The van der Waals surface area contributed by atoms with E-state index in [0.717, 1.165) is 66.9 Å². The van der Waals surface area contributed by atoms with Crippen molar-refractivity contribution in [1.29, 1.82) is 0 Å². The van der Waals surface area contributed by atoms with E-state index < -0.39 is 0 Å². The van der Waals surface area contributed by atoms with Crippen molar-refractivity contribution in [3.63, 3.8) is 0 Å². The molecule has 2 aliphatic rings. The molecule has 0 bridgehead atoms. The standard InChI is InChI=1S/C52H31BN2O2S/c1-3-12-32(13-4-1)34-23-26-45-38(28-30-56-45)50(34)54-41-18-9-8-17-40(41)53-48-42(54)19-11-20-43(48)55(44-25-22-37-36-16-7-10-21-47(36)58-52(37)49(44)53)51-35(33-14-5-2-6-15-33)24-27-46-39(51)29-31-57-46/h1-31H. The number of benzene rings is 8. The second kappa shape index (κ2) is 12.1. The summed E-state index contributed by atoms with van der Waals surface area (Å²) in [6.45, 7) is -0.0332. The Balaban J connectivity index is 1.19. The van der Waals surface area contributed by atoms with Crippen molar-refractivity contribution in [2.75, 3.05) is 9.80 Å². The Morgan fingerprint density at radius 3 is 1.62 bits per heavy atom. The highest BCUT2D eigenvalue weighted by Crippen LogP contribution is 2.52. The number of hydrogen-bond acceptors (Lipinski definition) is 5. The van der Waals surface area contributed by atoms with E-state index in [4.69, 9.17) is 8.83 Å². The van der Waals surface area contributed by atoms with Gasteiger partial charge in [0.2, 0.25) is 0 Å². The van der Waals surface area contributed by atoms with Gasteiger partial charge in [0.1, 0.15) is 11.2 Å². The highest BCUT2D eigenvalue weighted by Gasteiger charge is 2.45. The minimum absolute atomic E-state index is 0.0332. The highest BCUT2D eigenvalue weighted by molar-refractivity contribution is 7.28. The van der Waals surface area contributed by atoms with Gasteiger partial charge in [-0.1, -0.05) is 109 Å². The Labute approximate surface area is 338 Å². The van der Waals surface area contributed by atoms with Gasteiger partial charge in [-0.3, -0.25) is 0 Å². The molecule has 270 valence electrons. The van der Waals surface area contributed by atoms with Crippen LogP contribution in [-0.4, -0.2) is 6.71 Å². The van der Waals surface area contributed by atoms with E-state index in [1.807, 2.05) is 23.9 Å². The molecule has 0 spiro atoms. The zero-order valence-corrected chi connectivity index (χ0v) is 31.9. The van der Waals surface area contributed by atoms with Crippen molar-refractivity contribution in [2.24, 2.45) is 0 Å². The molecule has 2 aliphatic heterocycles. The van der Waals surface area contributed by atoms with Crippen molar-refractivity contribution in [1.82, 2.24) is 0 Å². The summed E-state index contributed by atoms with van der Waals surface area (Å²) in [5, 5.41) is 4.73. The average Bonchev–Trinajstić information content (AvgIpc) is 4.06. The fraction of sp³-hybridized carbons (Fsp3) is 0. The second-order valence-electron chi connectivity index (χ2n) is 15.2. The molecule has 0 aliphatic carbocycles. The number of anilines is 6. The number of nitrogens with zero attached hydrogens (tertiary/aromatic N) is 2. The van der Waals surface area contributed by atoms with E-state index in [-0.39, 0.29) is 6.71 Å². The third-order valence-corrected chi connectivity index (χ3v) is 13.5. The number of fused-ring (bicyclic) bond motifs is 10. The van der Waals surface area contributed by atoms with Crippen LogP contribution in [0.1, 0.15) is 0 Å². The first kappa shape index (κ1) is 31.9. The van der Waals surface area contributed by atoms with Crippen LogP contribution in [0.3, 0.4) is 0 Å². The zero-order valence-electron chi connectivity index (χ0n) is 31.1. The van der Waals surface area contributed by atoms with Crippen LogP contribution < -0.4 is 26.2 Å². The lowest BCUT2D eigenvalue weighted by molar-refractivity contribution is 0.615. The van der Waals surface area contributed by atoms with Crippen LogP contribution in [0.5, 0.6) is 0 Å². The number of rotatable bonds is 4. The Morgan fingerprint density at radius 1 is 0.397 bits per heavy atom. The molecule has 8 aromatic carbocycles. The predicted molar refractivity (Wildman–Crippen MR) is 244 cm³/mol. The minimum Gasteiger partial charge on any atom is -0.464 e. The molecule has 0 N–H and O–H groups in total. The normalized spacial score (nSPS) is 13.1. The summed E-state index contributed by atoms with van der Waals surface area (Å²) in [4.78, 5) is 5.05. The molecule has 0 radical (unpaired) electrons. The van der Waals surface area contributed by atoms with E-state index in [0.29, 0.717) is 0 Å². The van der Waals surface area contributed by atoms with Gasteiger partial charge in [0.25, 0.3) is 6.71 Å². The highest BCUT2D eigenvalue weighted by atomic mass is 32.1. The first-order valence-corrected chi connectivity index (χ1v) is 20.5. The van der Waals surface area contributed by atoms with Crippen LogP contribution in [0.25, 0.3) is 64.4 Å². The summed E-state index contributed by atoms with van der Waals surface area (Å²) in [6, 6.07) is 63.9. The Bertz CT molecular complexity index is 3420. The molecular weight excluding hydrogens is 727 g/mol. The van der Waals surface area contributed by atoms with Gasteiger partial charge in [0, 0.05) is 59.4 Å². The maximum absolute atomic E-state index is 6.17. The Morgan fingerprint density at radius 2 is 0.948 bits per heavy atom. The Kier molecular flexibility index (Phi) is 6.66. The molecule has 0 fully saturated rings. The molecule has 13 rings (SSSR count). The lowest BCUT2D eigenvalue weighted by atomic mass is 9.33. The molecule has 3 aromatic heterocycles. The minimum atomic E-state index is -0.0332. The molecule has 0 saturated heterocycles. The van der Waals surface area contributed by atoms with Crippen LogP contribution in [0.15, 0.2) is 197 Å². The number of furan rings is 2. The van der Waals surface area contributed by atoms with Crippen LogP contribution >= 0.6 is 11.3 Å². The molecule has 0 atom stereocenters. The molecule has 0 saturated carbocycles. The lowest BCUT2D eigenvalue weighted by Crippen LogP contribution is -2.61. The van der Waals surface area contributed by atoms with E-state index >= 15 is 0 Å². The maximum atomic E-state index is 6.17. The van der Waals surface area contributed by atoms with Gasteiger partial charge >= 0.3 is 0 Å². The first-order chi connectivity index (χ1) is 28.8. The van der Waals surface area contributed by atoms with Crippen molar-refractivity contribution in [2.45, 2.75) is 0 Å². The first-order valence-electron chi connectivity index (χ1n) is 19.7. The predicted octanol–water partition coefficient (Wildman–Crippen LogP) is 13.0. The van der Waals surface area contributed by atoms with E-state index in [1.54, 1.807) is 0 Å². The quantitative estimate of drug-likeness (QED) is 0.167. The van der Waals surface area contributed by atoms with Gasteiger partial charge in [0.15, 0.2) is 0 Å². The average molecular weight is 759 g/mol. The monoisotopic (exact) mass is 758 g/mol. The lowest BCUT2D eigenvalue weighted by Gasteiger charge is -2.45. The fourth-order valence-electron chi connectivity index (χ4n) is 9.87. The molecular formula is C52H31BN2O2S. The third kappa shape index (κ3) is 4.35. The van der Waals surface area contributed by atoms with Crippen LogP contribution in [0, 0.1) is 0 Å². The van der Waals surface area contributed by atoms with Gasteiger partial charge in [-0.2, -0.15) is 0 Å². The van der Waals surface area contributed by atoms with Gasteiger partial charge in [-0.25, -0.2) is 0 Å². The summed E-state index contributed by atoms with van der Waals surface area (Å²) >= 11 is 1.91. The molecule has 0 amide bonds. The van der Waals surface area contributed by atoms with E-state index in [9.17, 15) is 0 Å². The van der Waals surface area contributed by atoms with Crippen molar-refractivity contribution in [3.05, 3.63) is 188 Å². The molecule has 6 heteroatoms. The summed E-state index contributed by atoms with van der Waals surface area (Å²) in [6.07, 6.45) is 3.63. The molecule has 11 aromatic rings. The number of thiophene rings is 1. The van der Waals surface area contributed by atoms with E-state index in [1.165, 1.54) is 47.9 Å². The largest absolute Gasteiger partial charge is 0.464 e. The van der Waals surface area contributed by atoms with Crippen molar-refractivity contribution in [3.8, 4) is 22.3 Å². The summed E-state index contributed by atoms with van der Waals surface area (Å²) < 4.78 is 14.9. The third-order valence-electron chi connectivity index (χ3n) is 12.2. The van der Waals surface area contributed by atoms with Crippen LogP contribution in [0.2, 0.25) is 0 Å². The number of hydrogen-bond donors (Lipinski definition) is 0. The molecule has 4 nitrogen and oxygen atoms in total. The summed E-state index contributed by atoms with van der Waals surface area (Å²) in [5.41, 5.74) is 17.1. The van der Waals surface area contributed by atoms with Crippen molar-refractivity contribution >= 4 is 111 Å². The molecule has 5 heterocycles. The van der Waals surface area contributed by atoms with Gasteiger partial charge in [0.05, 0.1) is 23.9 Å². The van der Waals surface area contributed by atoms with Gasteiger partial charge in [-0.15, -0.1) is 11.3 Å². The Hall–Kier alpha value is -7.28. The van der Waals surface area contributed by atoms with Crippen LogP contribution in [-0.2, 0) is 0 Å². The van der Waals surface area contributed by atoms with E-state index in [2.05, 4.69) is 186 Å². The van der Waals surface area contributed by atoms with Gasteiger partial charge in [-0.05, 0) is 99.6 Å². The van der Waals surface area contributed by atoms with Gasteiger partial charge < -0.3 is 18.6 Å². The van der Waals surface area contributed by atoms with Crippen molar-refractivity contribution < 1.29 is 8.83 Å². The zero-order chi connectivity index (χ0) is 37.9.